The van der Waals surface area contributed by atoms with Gasteiger partial charge in [-0.2, -0.15) is 0 Å². The number of hydrogen-bond donors (Lipinski definition) is 1. The number of cyclic esters (lactones) is 2. The van der Waals surface area contributed by atoms with Crippen LogP contribution in [0.15, 0.2) is 75.6 Å². The first-order valence-corrected chi connectivity index (χ1v) is 45.5. The molecule has 6 aliphatic heterocycles. The number of alkyl halides is 1. The van der Waals surface area contributed by atoms with Gasteiger partial charge in [0.2, 0.25) is 0 Å². The molecular weight excluding hydrogens is 1680 g/mol. The number of azide groups is 1. The van der Waals surface area contributed by atoms with Gasteiger partial charge in [0.05, 0.1) is 73.5 Å². The van der Waals surface area contributed by atoms with Crippen LogP contribution in [0.3, 0.4) is 0 Å². The number of benzene rings is 2. The van der Waals surface area contributed by atoms with Crippen molar-refractivity contribution in [3.63, 3.8) is 0 Å². The first-order chi connectivity index (χ1) is 58.2. The number of halogens is 2. The van der Waals surface area contributed by atoms with Gasteiger partial charge in [0.1, 0.15) is 29.7 Å². The van der Waals surface area contributed by atoms with E-state index in [2.05, 4.69) is 10.0 Å². The van der Waals surface area contributed by atoms with Gasteiger partial charge >= 0.3 is 36.1 Å². The molecule has 6 fully saturated rings. The van der Waals surface area contributed by atoms with Crippen LogP contribution in [0.1, 0.15) is 189 Å². The molecule has 0 saturated carbocycles. The molecule has 8 unspecified atom stereocenters. The van der Waals surface area contributed by atoms with Gasteiger partial charge in [0.25, 0.3) is 25.7 Å². The highest BCUT2D eigenvalue weighted by molar-refractivity contribution is 8.03. The first-order valence-electron chi connectivity index (χ1n) is 42.7. The van der Waals surface area contributed by atoms with Gasteiger partial charge in [-0.25, -0.2) is 35.6 Å². The highest BCUT2D eigenvalue weighted by atomic mass is 32.3. The summed E-state index contributed by atoms with van der Waals surface area (Å²) in [5.41, 5.74) is 5.45. The summed E-state index contributed by atoms with van der Waals surface area (Å²) >= 11 is 0. The molecule has 6 saturated heterocycles. The number of likely N-dealkylation sites (N-methyl/N-ethyl adjacent to an activating group) is 2. The molecule has 2 aromatic carbocycles. The van der Waals surface area contributed by atoms with E-state index in [-0.39, 0.29) is 81.2 Å². The molecule has 6 aliphatic rings. The van der Waals surface area contributed by atoms with Crippen molar-refractivity contribution in [2.45, 2.75) is 312 Å². The Hall–Kier alpha value is -7.79. The van der Waals surface area contributed by atoms with Crippen molar-refractivity contribution < 1.29 is 130 Å². The third kappa shape index (κ3) is 24.2. The summed E-state index contributed by atoms with van der Waals surface area (Å²) in [6.07, 6.45) is -7.20. The maximum Gasteiger partial charge on any atom is 0.410 e. The zero-order valence-electron chi connectivity index (χ0n) is 76.6. The number of nitrogens with two attached hydrogens (primary N) is 1. The second-order valence-corrected chi connectivity index (χ2v) is 38.8. The second-order valence-electron chi connectivity index (χ2n) is 35.1. The van der Waals surface area contributed by atoms with Crippen molar-refractivity contribution in [3.8, 4) is 0 Å². The largest absolute Gasteiger partial charge is 0.458 e. The minimum absolute atomic E-state index is 0.0113. The van der Waals surface area contributed by atoms with Gasteiger partial charge in [-0.05, 0) is 184 Å². The molecule has 125 heavy (non-hydrogen) atoms. The van der Waals surface area contributed by atoms with Crippen molar-refractivity contribution in [1.82, 2.24) is 23.5 Å². The number of methoxy groups -OCH3 is 2. The Morgan fingerprint density at radius 3 is 1.33 bits per heavy atom. The van der Waals surface area contributed by atoms with E-state index in [0.29, 0.717) is 45.1 Å². The molecule has 26 atom stereocenters. The lowest BCUT2D eigenvalue weighted by Gasteiger charge is -2.48. The Morgan fingerprint density at radius 2 is 0.968 bits per heavy atom. The maximum absolute atomic E-state index is 16.8. The smallest absolute Gasteiger partial charge is 0.410 e. The van der Waals surface area contributed by atoms with Crippen LogP contribution in [0.5, 0.6) is 0 Å². The van der Waals surface area contributed by atoms with E-state index in [1.807, 2.05) is 51.8 Å². The molecule has 704 valence electrons. The molecule has 2 aromatic rings. The van der Waals surface area contributed by atoms with E-state index >= 15 is 4.39 Å². The fraction of sp³-hybridized carbons (Fsp3) is 0.744. The average Bonchev–Trinajstić information content (AvgIpc) is 1.60. The summed E-state index contributed by atoms with van der Waals surface area (Å²) in [4.78, 5) is 146. The van der Waals surface area contributed by atoms with Crippen LogP contribution in [0.2, 0.25) is 0 Å². The fourth-order valence-electron chi connectivity index (χ4n) is 18.4. The Kier molecular flexibility index (Phi) is 37.7. The van der Waals surface area contributed by atoms with Crippen LogP contribution in [-0.4, -0.2) is 282 Å². The van der Waals surface area contributed by atoms with Crippen molar-refractivity contribution in [2.75, 3.05) is 68.6 Å². The van der Waals surface area contributed by atoms with Gasteiger partial charge < -0.3 is 82.2 Å². The molecule has 2 N–H and O–H groups in total. The van der Waals surface area contributed by atoms with Crippen LogP contribution in [0.25, 0.3) is 10.4 Å². The number of unbranched alkanes of at least 4 members (excludes halogenated alkanes) is 2. The molecule has 39 heteroatoms. The molecule has 6 heterocycles. The highest BCUT2D eigenvalue weighted by Gasteiger charge is 2.64. The lowest BCUT2D eigenvalue weighted by Crippen LogP contribution is -2.62. The summed E-state index contributed by atoms with van der Waals surface area (Å²) in [5.74, 6) is -12.1. The molecular formula is C86H133F2N9O26S2. The van der Waals surface area contributed by atoms with E-state index in [0.717, 1.165) is 31.2 Å². The molecule has 35 nitrogen and oxygen atoms in total. The minimum atomic E-state index is -4.77. The number of rotatable bonds is 25. The SMILES string of the molecule is CC[C@H]1OC(=O)[C@@](C)(F)C(=O)[C@H](C)[C@@H](OC2OC(C)CC(N(C)C)C2OC(C)=O)[C@@](C)(OC)C[C@@H](C)C(=O)[C@H](C)[C@H]2N(CCCCN)C(=O)O[C@]12C.CC[C@H]1OC(=O)[C@H](C)C(=O)[C@H](C)[C@@H](OC2OC(C)CC(N(C)C)C2OC(C)=O)[C@@](C)(OC)C[C@@H](C)C(=O)[C@H](C)[C@H]2N(CCCCN=[N+]=[N-])C(=O)O[C@]12C.O=S(=O)(c1ccccc1)N(F)S(=O)(=O)c1ccccc1. The average molecular weight is 1810 g/mol. The van der Waals surface area contributed by atoms with Crippen LogP contribution in [-0.2, 0) is 115 Å². The molecule has 0 radical (unpaired) electrons. The molecule has 0 spiro atoms. The normalized spacial score (nSPS) is 35.5. The van der Waals surface area contributed by atoms with Crippen molar-refractivity contribution in [3.05, 3.63) is 71.1 Å². The Labute approximate surface area is 734 Å². The number of ketones is 4. The molecule has 8 rings (SSSR count). The van der Waals surface area contributed by atoms with Crippen LogP contribution in [0.4, 0.5) is 18.5 Å². The predicted octanol–water partition coefficient (Wildman–Crippen LogP) is 10.4. The fourth-order valence-corrected chi connectivity index (χ4v) is 21.3. The number of amides is 2. The van der Waals surface area contributed by atoms with E-state index in [9.17, 15) is 69.3 Å². The Balaban J connectivity index is 0.000000316. The summed E-state index contributed by atoms with van der Waals surface area (Å²) in [6, 6.07) is 10.6. The number of hydrogen-bond acceptors (Lipinski definition) is 30. The van der Waals surface area contributed by atoms with Crippen molar-refractivity contribution in [2.24, 2.45) is 52.3 Å². The quantitative estimate of drug-likeness (QED) is 0.0141. The number of carbonyl (C=O) groups is 10. The highest BCUT2D eigenvalue weighted by Crippen LogP contribution is 2.47. The molecule has 2 amide bonds. The zero-order valence-corrected chi connectivity index (χ0v) is 78.3. The Bertz CT molecular complexity index is 4280. The Morgan fingerprint density at radius 1 is 0.584 bits per heavy atom. The topological polar surface area (TPSA) is 441 Å². The van der Waals surface area contributed by atoms with Gasteiger partial charge in [-0.3, -0.25) is 33.6 Å². The third-order valence-electron chi connectivity index (χ3n) is 25.2. The van der Waals surface area contributed by atoms with Crippen LogP contribution >= 0.6 is 0 Å². The summed E-state index contributed by atoms with van der Waals surface area (Å²) < 4.78 is 151. The van der Waals surface area contributed by atoms with E-state index in [4.69, 9.17) is 68.1 Å². The van der Waals surface area contributed by atoms with Crippen LogP contribution < -0.4 is 5.73 Å². The lowest BCUT2D eigenvalue weighted by molar-refractivity contribution is -0.298. The summed E-state index contributed by atoms with van der Waals surface area (Å²) in [7, 11) is 0.719. The minimum Gasteiger partial charge on any atom is -0.458 e. The molecule has 0 aromatic heterocycles. The standard InChI is InChI=1S/C37H62FN3O11.C37H61N5O11.C12H10FNO4S2/c1-13-26-37(9)29(41(34(46)52-37)17-15-14-16-39)22(4)27(43)20(2)19-35(7,47-12)31(23(5)30(44)36(8,38)33(45)50-26)51-32-28(49-24(6)42)25(40(10)11)18-21(3)48-32;1-13-27-37(9)31(42(35(47)53-37)17-15-14-16-39-40-38)22(4)28(44)20(2)19-36(8,48-12)32(23(5)29(45)24(6)33(46)51-27)52-34-30(50-25(7)43)26(41(10)11)18-21(3)49-34;13-14(19(15,16)11-7-3-1-4-8-11)20(17,18)12-9-5-2-6-10-12/h20-23,25-26,28-29,31-32H,13-19,39H2,1-12H3;20-24,26-27,30-32,34H,13-19H2,1-12H3;1-10H/t20-,21?,22+,23+,25?,26-,28?,29-,31-,32?,35+,36+,37-;20-,21?,22+,23+,24-,26?,27-,30?,31-,32-,34?,36+,37-;/m11./s1. The van der Waals surface area contributed by atoms with Crippen molar-refractivity contribution >= 4 is 79.2 Å². The van der Waals surface area contributed by atoms with Gasteiger partial charge in [-0.15, -0.1) is 4.48 Å². The predicted molar refractivity (Wildman–Crippen MR) is 450 cm³/mol. The molecule has 0 aliphatic carbocycles. The number of carbonyl (C=O) groups excluding carboxylic acids is 10. The van der Waals surface area contributed by atoms with Crippen LogP contribution in [0, 0.1) is 41.4 Å². The monoisotopic (exact) mass is 1810 g/mol. The number of ether oxygens (including phenoxy) is 12. The van der Waals surface area contributed by atoms with Gasteiger partial charge in [0, 0.05) is 88.1 Å². The third-order valence-corrected chi connectivity index (χ3v) is 28.8. The maximum atomic E-state index is 16.8. The first kappa shape index (κ1) is 106. The number of Topliss-reactive ketones (excluding diaryl/α,β-unsaturated/α-hetero) is 4. The lowest BCUT2D eigenvalue weighted by atomic mass is 9.73. The molecule has 0 bridgehead atoms. The number of nitrogens with zero attached hydrogens (tertiary/aromatic N) is 8. The number of esters is 4. The second kappa shape index (κ2) is 44.5. The van der Waals surface area contributed by atoms with Crippen molar-refractivity contribution in [1.29, 1.82) is 0 Å². The number of sulfonamides is 2. The number of fused-ring (bicyclic) bond motifs is 2. The van der Waals surface area contributed by atoms with E-state index in [1.165, 1.54) is 88.1 Å². The van der Waals surface area contributed by atoms with E-state index in [1.54, 1.807) is 76.2 Å². The summed E-state index contributed by atoms with van der Waals surface area (Å²) in [5, 5.41) is 3.57. The summed E-state index contributed by atoms with van der Waals surface area (Å²) in [6.45, 7) is 29.8. The van der Waals surface area contributed by atoms with E-state index < -0.39 is 212 Å². The van der Waals surface area contributed by atoms with Gasteiger partial charge in [-0.1, -0.05) is 96.9 Å². The zero-order chi connectivity index (χ0) is 94.3. The van der Waals surface area contributed by atoms with Gasteiger partial charge in [0.15, 0.2) is 47.6 Å².